The lowest BCUT2D eigenvalue weighted by Gasteiger charge is -2.15. The molecule has 0 aliphatic carbocycles. The summed E-state index contributed by atoms with van der Waals surface area (Å²) in [6, 6.07) is 2.05. The Hall–Kier alpha value is -2.67. The zero-order valence-corrected chi connectivity index (χ0v) is 14.3. The maximum Gasteiger partial charge on any atom is 0.156 e. The SMILES string of the molecule is Cc1cnc(-c2cc(C[C@H]3CCN(Cc4cnccn4)C3)ncn2)[nH]1. The Labute approximate surface area is 146 Å². The molecular weight excluding hydrogens is 314 g/mol. The lowest BCUT2D eigenvalue weighted by molar-refractivity contribution is 0.312. The van der Waals surface area contributed by atoms with Gasteiger partial charge in [-0.1, -0.05) is 0 Å². The van der Waals surface area contributed by atoms with Gasteiger partial charge in [-0.25, -0.2) is 15.0 Å². The average molecular weight is 335 g/mol. The van der Waals surface area contributed by atoms with Crippen LogP contribution in [0.5, 0.6) is 0 Å². The summed E-state index contributed by atoms with van der Waals surface area (Å²) in [4.78, 5) is 27.3. The number of hydrogen-bond acceptors (Lipinski definition) is 6. The minimum absolute atomic E-state index is 0.609. The largest absolute Gasteiger partial charge is 0.341 e. The van der Waals surface area contributed by atoms with E-state index in [1.807, 2.05) is 25.4 Å². The van der Waals surface area contributed by atoms with E-state index in [9.17, 15) is 0 Å². The first-order valence-electron chi connectivity index (χ1n) is 8.56. The fourth-order valence-electron chi connectivity index (χ4n) is 3.34. The van der Waals surface area contributed by atoms with E-state index in [0.717, 1.165) is 54.7 Å². The van der Waals surface area contributed by atoms with Crippen LogP contribution in [-0.2, 0) is 13.0 Å². The third-order valence-electron chi connectivity index (χ3n) is 4.54. The van der Waals surface area contributed by atoms with E-state index >= 15 is 0 Å². The molecule has 0 aromatic carbocycles. The molecule has 0 unspecified atom stereocenters. The first kappa shape index (κ1) is 15.8. The number of aromatic nitrogens is 6. The second kappa shape index (κ2) is 7.06. The molecule has 7 nitrogen and oxygen atoms in total. The van der Waals surface area contributed by atoms with Gasteiger partial charge in [-0.3, -0.25) is 14.9 Å². The highest BCUT2D eigenvalue weighted by Crippen LogP contribution is 2.22. The predicted octanol–water partition coefficient (Wildman–Crippen LogP) is 2.03. The van der Waals surface area contributed by atoms with Gasteiger partial charge in [0.05, 0.1) is 5.69 Å². The molecular formula is C18H21N7. The van der Waals surface area contributed by atoms with Gasteiger partial charge in [0.25, 0.3) is 0 Å². The van der Waals surface area contributed by atoms with Crippen LogP contribution in [0.15, 0.2) is 37.2 Å². The first-order chi connectivity index (χ1) is 12.3. The molecule has 3 aromatic rings. The molecule has 1 fully saturated rings. The van der Waals surface area contributed by atoms with Gasteiger partial charge < -0.3 is 4.98 Å². The molecule has 7 heteroatoms. The summed E-state index contributed by atoms with van der Waals surface area (Å²) < 4.78 is 0. The van der Waals surface area contributed by atoms with Crippen molar-refractivity contribution in [3.05, 3.63) is 54.3 Å². The third kappa shape index (κ3) is 3.88. The minimum Gasteiger partial charge on any atom is -0.341 e. The van der Waals surface area contributed by atoms with Crippen LogP contribution >= 0.6 is 0 Å². The Balaban J connectivity index is 1.38. The van der Waals surface area contributed by atoms with Crippen molar-refractivity contribution in [3.63, 3.8) is 0 Å². The van der Waals surface area contributed by atoms with Gasteiger partial charge in [0.2, 0.25) is 0 Å². The van der Waals surface area contributed by atoms with Crippen molar-refractivity contribution in [3.8, 4) is 11.5 Å². The first-order valence-corrected chi connectivity index (χ1v) is 8.56. The zero-order valence-electron chi connectivity index (χ0n) is 14.3. The summed E-state index contributed by atoms with van der Waals surface area (Å²) in [7, 11) is 0. The van der Waals surface area contributed by atoms with Crippen molar-refractivity contribution >= 4 is 0 Å². The molecule has 1 N–H and O–H groups in total. The Bertz CT molecular complexity index is 830. The molecule has 4 heterocycles. The molecule has 0 radical (unpaired) electrons. The van der Waals surface area contributed by atoms with Gasteiger partial charge in [0, 0.05) is 49.3 Å². The number of rotatable bonds is 5. The number of nitrogens with one attached hydrogen (secondary N) is 1. The molecule has 128 valence electrons. The van der Waals surface area contributed by atoms with E-state index in [1.54, 1.807) is 18.7 Å². The van der Waals surface area contributed by atoms with E-state index in [-0.39, 0.29) is 0 Å². The lowest BCUT2D eigenvalue weighted by atomic mass is 10.0. The number of H-pyrrole nitrogens is 1. The zero-order chi connectivity index (χ0) is 17.1. The van der Waals surface area contributed by atoms with Crippen LogP contribution in [0.1, 0.15) is 23.5 Å². The van der Waals surface area contributed by atoms with E-state index in [4.69, 9.17) is 0 Å². The van der Waals surface area contributed by atoms with Crippen LogP contribution < -0.4 is 0 Å². The van der Waals surface area contributed by atoms with Gasteiger partial charge in [-0.2, -0.15) is 0 Å². The molecule has 0 spiro atoms. The van der Waals surface area contributed by atoms with Gasteiger partial charge >= 0.3 is 0 Å². The van der Waals surface area contributed by atoms with Gasteiger partial charge in [-0.05, 0) is 38.3 Å². The molecule has 1 saturated heterocycles. The highest BCUT2D eigenvalue weighted by Gasteiger charge is 2.23. The van der Waals surface area contributed by atoms with E-state index < -0.39 is 0 Å². The maximum atomic E-state index is 4.45. The minimum atomic E-state index is 0.609. The van der Waals surface area contributed by atoms with Crippen LogP contribution in [0, 0.1) is 12.8 Å². The summed E-state index contributed by atoms with van der Waals surface area (Å²) in [5, 5.41) is 0. The molecule has 4 rings (SSSR count). The van der Waals surface area contributed by atoms with Crippen LogP contribution in [0.25, 0.3) is 11.5 Å². The van der Waals surface area contributed by atoms with Crippen molar-refractivity contribution in [2.24, 2.45) is 5.92 Å². The van der Waals surface area contributed by atoms with Crippen molar-refractivity contribution in [2.45, 2.75) is 26.3 Å². The van der Waals surface area contributed by atoms with Crippen LogP contribution in [0.4, 0.5) is 0 Å². The van der Waals surface area contributed by atoms with Crippen LogP contribution in [0.2, 0.25) is 0 Å². The number of aromatic amines is 1. The Morgan fingerprint density at radius 2 is 2.08 bits per heavy atom. The molecule has 0 bridgehead atoms. The van der Waals surface area contributed by atoms with E-state index in [2.05, 4.69) is 34.8 Å². The fraction of sp³-hybridized carbons (Fsp3) is 0.389. The molecule has 0 amide bonds. The molecule has 1 atom stereocenters. The third-order valence-corrected chi connectivity index (χ3v) is 4.54. The maximum absolute atomic E-state index is 4.45. The highest BCUT2D eigenvalue weighted by molar-refractivity contribution is 5.49. The van der Waals surface area contributed by atoms with E-state index in [0.29, 0.717) is 5.92 Å². The number of hydrogen-bond donors (Lipinski definition) is 1. The van der Waals surface area contributed by atoms with Crippen molar-refractivity contribution in [2.75, 3.05) is 13.1 Å². The summed E-state index contributed by atoms with van der Waals surface area (Å²) in [6.45, 7) is 5.01. The summed E-state index contributed by atoms with van der Waals surface area (Å²) in [5.41, 5.74) is 3.99. The second-order valence-electron chi connectivity index (χ2n) is 6.60. The molecule has 1 aliphatic rings. The Morgan fingerprint density at radius 1 is 1.12 bits per heavy atom. The predicted molar refractivity (Wildman–Crippen MR) is 93.5 cm³/mol. The summed E-state index contributed by atoms with van der Waals surface area (Å²) >= 11 is 0. The van der Waals surface area contributed by atoms with Crippen LogP contribution in [0.3, 0.4) is 0 Å². The molecule has 3 aromatic heterocycles. The monoisotopic (exact) mass is 335 g/mol. The lowest BCUT2D eigenvalue weighted by Crippen LogP contribution is -2.21. The summed E-state index contributed by atoms with van der Waals surface area (Å²) in [5.74, 6) is 1.41. The summed E-state index contributed by atoms with van der Waals surface area (Å²) in [6.07, 6.45) is 10.9. The Morgan fingerprint density at radius 3 is 2.88 bits per heavy atom. The van der Waals surface area contributed by atoms with Crippen molar-refractivity contribution in [1.29, 1.82) is 0 Å². The number of aryl methyl sites for hydroxylation is 1. The second-order valence-corrected chi connectivity index (χ2v) is 6.60. The smallest absolute Gasteiger partial charge is 0.156 e. The van der Waals surface area contributed by atoms with Crippen molar-refractivity contribution in [1.82, 2.24) is 34.8 Å². The quantitative estimate of drug-likeness (QED) is 0.768. The standard InChI is InChI=1S/C18H21N7/c1-13-8-21-18(24-13)17-7-15(22-12-23-17)6-14-2-5-25(10-14)11-16-9-19-3-4-20-16/h3-4,7-9,12,14H,2,5-6,10-11H2,1H3,(H,21,24)/t14-/m1/s1. The van der Waals surface area contributed by atoms with Crippen molar-refractivity contribution < 1.29 is 0 Å². The van der Waals surface area contributed by atoms with Gasteiger partial charge in [0.1, 0.15) is 12.0 Å². The highest BCUT2D eigenvalue weighted by atomic mass is 15.2. The van der Waals surface area contributed by atoms with Gasteiger partial charge in [0.15, 0.2) is 5.82 Å². The topological polar surface area (TPSA) is 83.5 Å². The Kier molecular flexibility index (Phi) is 4.47. The fourth-order valence-corrected chi connectivity index (χ4v) is 3.34. The number of imidazole rings is 1. The number of likely N-dealkylation sites (tertiary alicyclic amines) is 1. The molecule has 0 saturated carbocycles. The molecule has 1 aliphatic heterocycles. The van der Waals surface area contributed by atoms with E-state index in [1.165, 1.54) is 6.42 Å². The van der Waals surface area contributed by atoms with Crippen LogP contribution in [-0.4, -0.2) is 47.9 Å². The molecule has 25 heavy (non-hydrogen) atoms. The van der Waals surface area contributed by atoms with Gasteiger partial charge in [-0.15, -0.1) is 0 Å². The number of nitrogens with zero attached hydrogens (tertiary/aromatic N) is 6. The average Bonchev–Trinajstić information content (AvgIpc) is 3.25. The normalized spacial score (nSPS) is 17.9.